The second-order valence-corrected chi connectivity index (χ2v) is 11.8. The van der Waals surface area contributed by atoms with Gasteiger partial charge in [-0.25, -0.2) is 9.07 Å². The summed E-state index contributed by atoms with van der Waals surface area (Å²) in [7, 11) is 0. The lowest BCUT2D eigenvalue weighted by Gasteiger charge is -2.32. The van der Waals surface area contributed by atoms with E-state index in [0.717, 1.165) is 49.4 Å². The molecule has 0 saturated carbocycles. The minimum absolute atomic E-state index is 0.0315. The predicted molar refractivity (Wildman–Crippen MR) is 176 cm³/mol. The Morgan fingerprint density at radius 3 is 2.62 bits per heavy atom. The van der Waals surface area contributed by atoms with Crippen molar-refractivity contribution in [2.24, 2.45) is 0 Å². The topological polar surface area (TPSA) is 98.8 Å². The molecule has 1 N–H and O–H groups in total. The molecule has 1 fully saturated rings. The van der Waals surface area contributed by atoms with Crippen LogP contribution in [0.4, 0.5) is 21.5 Å². The predicted octanol–water partition coefficient (Wildman–Crippen LogP) is 7.56. The Kier molecular flexibility index (Phi) is 9.12. The molecule has 12 heteroatoms. The number of hydrogen-bond acceptors (Lipinski definition) is 8. The highest BCUT2D eigenvalue weighted by atomic mass is 35.5. The lowest BCUT2D eigenvalue weighted by Crippen LogP contribution is -2.34. The molecule has 4 heterocycles. The number of nitriles is 1. The summed E-state index contributed by atoms with van der Waals surface area (Å²) in [4.78, 5) is 13.6. The molecule has 1 aliphatic rings. The molecule has 0 aliphatic carbocycles. The summed E-state index contributed by atoms with van der Waals surface area (Å²) in [5, 5.41) is 23.5. The maximum atomic E-state index is 13.9. The number of nitrogens with one attached hydrogen (secondary N) is 1. The molecule has 6 rings (SSSR count). The molecule has 0 radical (unpaired) electrons. The molecule has 0 bridgehead atoms. The SMILES string of the molecule is CCN1CCC(n2cc(C(c3cccnc3)N(CC)c3cc(Cl)c4ncc(C#N)c(Nc5ccc(F)c(Cl)c5)c4c3)nn2)CC1. The Hall–Kier alpha value is -4.30. The third kappa shape index (κ3) is 6.29. The molecule has 230 valence electrons. The van der Waals surface area contributed by atoms with Crippen molar-refractivity contribution in [2.75, 3.05) is 36.4 Å². The average Bonchev–Trinajstić information content (AvgIpc) is 3.55. The van der Waals surface area contributed by atoms with Crippen LogP contribution in [0.25, 0.3) is 10.9 Å². The van der Waals surface area contributed by atoms with Gasteiger partial charge in [-0.2, -0.15) is 5.26 Å². The fourth-order valence-electron chi connectivity index (χ4n) is 6.01. The molecular formula is C33H32Cl2FN9. The first-order chi connectivity index (χ1) is 21.9. The summed E-state index contributed by atoms with van der Waals surface area (Å²) in [5.74, 6) is -0.531. The molecule has 0 spiro atoms. The van der Waals surface area contributed by atoms with Gasteiger partial charge in [0, 0.05) is 55.0 Å². The van der Waals surface area contributed by atoms with Crippen molar-refractivity contribution in [2.45, 2.75) is 38.8 Å². The zero-order valence-corrected chi connectivity index (χ0v) is 26.5. The third-order valence-electron chi connectivity index (χ3n) is 8.39. The van der Waals surface area contributed by atoms with Gasteiger partial charge >= 0.3 is 0 Å². The van der Waals surface area contributed by atoms with E-state index in [-0.39, 0.29) is 17.1 Å². The highest BCUT2D eigenvalue weighted by molar-refractivity contribution is 6.36. The Labute approximate surface area is 271 Å². The molecular weight excluding hydrogens is 612 g/mol. The van der Waals surface area contributed by atoms with Crippen molar-refractivity contribution in [3.8, 4) is 6.07 Å². The van der Waals surface area contributed by atoms with Crippen LogP contribution in [0.2, 0.25) is 10.0 Å². The number of nitrogens with zero attached hydrogens (tertiary/aromatic N) is 8. The van der Waals surface area contributed by atoms with Crippen LogP contribution < -0.4 is 10.2 Å². The van der Waals surface area contributed by atoms with E-state index in [2.05, 4.69) is 61.5 Å². The Morgan fingerprint density at radius 2 is 1.93 bits per heavy atom. The van der Waals surface area contributed by atoms with Gasteiger partial charge in [0.2, 0.25) is 0 Å². The molecule has 2 aromatic carbocycles. The van der Waals surface area contributed by atoms with Crippen LogP contribution in [0.3, 0.4) is 0 Å². The molecule has 1 atom stereocenters. The van der Waals surface area contributed by atoms with Crippen molar-refractivity contribution in [3.05, 3.63) is 99.9 Å². The van der Waals surface area contributed by atoms with E-state index in [1.807, 2.05) is 35.1 Å². The monoisotopic (exact) mass is 643 g/mol. The van der Waals surface area contributed by atoms with Crippen LogP contribution in [0.15, 0.2) is 67.3 Å². The van der Waals surface area contributed by atoms with Gasteiger partial charge in [0.25, 0.3) is 0 Å². The van der Waals surface area contributed by atoms with Gasteiger partial charge in [-0.15, -0.1) is 5.10 Å². The average molecular weight is 645 g/mol. The van der Waals surface area contributed by atoms with E-state index < -0.39 is 5.82 Å². The number of anilines is 3. The first kappa shape index (κ1) is 30.7. The first-order valence-electron chi connectivity index (χ1n) is 14.9. The van der Waals surface area contributed by atoms with Crippen LogP contribution in [-0.4, -0.2) is 56.0 Å². The van der Waals surface area contributed by atoms with Crippen molar-refractivity contribution in [1.29, 1.82) is 5.26 Å². The molecule has 1 saturated heterocycles. The second-order valence-electron chi connectivity index (χ2n) is 11.0. The summed E-state index contributed by atoms with van der Waals surface area (Å²) in [5.41, 5.74) is 4.38. The van der Waals surface area contributed by atoms with E-state index in [1.165, 1.54) is 18.3 Å². The van der Waals surface area contributed by atoms with Crippen LogP contribution in [0.5, 0.6) is 0 Å². The van der Waals surface area contributed by atoms with E-state index in [1.54, 1.807) is 12.3 Å². The molecule has 1 unspecified atom stereocenters. The zero-order valence-electron chi connectivity index (χ0n) is 25.0. The van der Waals surface area contributed by atoms with Crippen molar-refractivity contribution in [3.63, 3.8) is 0 Å². The summed E-state index contributed by atoms with van der Waals surface area (Å²) in [6, 6.07) is 14.3. The molecule has 45 heavy (non-hydrogen) atoms. The normalized spacial score (nSPS) is 14.8. The maximum Gasteiger partial charge on any atom is 0.141 e. The lowest BCUT2D eigenvalue weighted by molar-refractivity contribution is 0.186. The van der Waals surface area contributed by atoms with Crippen molar-refractivity contribution in [1.82, 2.24) is 29.9 Å². The quantitative estimate of drug-likeness (QED) is 0.176. The zero-order chi connectivity index (χ0) is 31.5. The standard InChI is InChI=1S/C33H32Cl2FN9/c1-3-43-12-9-24(10-13-43)45-20-30(41-42-45)33(21-6-5-11-38-18-21)44(4-2)25-15-26-31(40-23-7-8-29(36)27(34)14-23)22(17-37)19-39-32(26)28(35)16-25/h5-8,11,14-16,18-20,24,33H,3-4,9-10,12-13H2,1-2H3,(H,39,40). The summed E-state index contributed by atoms with van der Waals surface area (Å²) in [6.07, 6.45) is 9.16. The van der Waals surface area contributed by atoms with Crippen LogP contribution >= 0.6 is 23.2 Å². The van der Waals surface area contributed by atoms with E-state index in [9.17, 15) is 9.65 Å². The highest BCUT2D eigenvalue weighted by Crippen LogP contribution is 2.40. The fraction of sp³-hybridized carbons (Fsp3) is 0.303. The van der Waals surface area contributed by atoms with Gasteiger partial charge in [-0.3, -0.25) is 9.97 Å². The number of aromatic nitrogens is 5. The fourth-order valence-corrected chi connectivity index (χ4v) is 6.45. The van der Waals surface area contributed by atoms with Crippen molar-refractivity contribution < 1.29 is 4.39 Å². The van der Waals surface area contributed by atoms with Crippen LogP contribution in [0, 0.1) is 17.1 Å². The minimum Gasteiger partial charge on any atom is -0.359 e. The number of benzene rings is 2. The highest BCUT2D eigenvalue weighted by Gasteiger charge is 2.28. The van der Waals surface area contributed by atoms with Gasteiger partial charge in [0.1, 0.15) is 23.6 Å². The Balaban J connectivity index is 1.44. The van der Waals surface area contributed by atoms with Gasteiger partial charge < -0.3 is 15.1 Å². The molecule has 0 amide bonds. The van der Waals surface area contributed by atoms with Crippen LogP contribution in [-0.2, 0) is 0 Å². The Morgan fingerprint density at radius 1 is 1.11 bits per heavy atom. The van der Waals surface area contributed by atoms with E-state index >= 15 is 0 Å². The van der Waals surface area contributed by atoms with E-state index in [0.29, 0.717) is 39.4 Å². The van der Waals surface area contributed by atoms with Crippen LogP contribution in [0.1, 0.15) is 55.6 Å². The number of hydrogen-bond donors (Lipinski definition) is 1. The van der Waals surface area contributed by atoms with Gasteiger partial charge in [-0.1, -0.05) is 41.4 Å². The smallest absolute Gasteiger partial charge is 0.141 e. The maximum absolute atomic E-state index is 13.9. The van der Waals surface area contributed by atoms with Gasteiger partial charge in [0.05, 0.1) is 39.1 Å². The van der Waals surface area contributed by atoms with E-state index in [4.69, 9.17) is 23.2 Å². The second kappa shape index (κ2) is 13.4. The molecule has 1 aliphatic heterocycles. The van der Waals surface area contributed by atoms with Gasteiger partial charge in [0.15, 0.2) is 0 Å². The summed E-state index contributed by atoms with van der Waals surface area (Å²) >= 11 is 12.9. The first-order valence-corrected chi connectivity index (χ1v) is 15.7. The number of likely N-dealkylation sites (tertiary alicyclic amines) is 1. The minimum atomic E-state index is -0.531. The van der Waals surface area contributed by atoms with Crippen molar-refractivity contribution >= 4 is 51.2 Å². The van der Waals surface area contributed by atoms with Gasteiger partial charge in [-0.05, 0) is 68.3 Å². The Bertz CT molecular complexity index is 1850. The summed E-state index contributed by atoms with van der Waals surface area (Å²) < 4.78 is 15.9. The molecule has 5 aromatic rings. The molecule has 9 nitrogen and oxygen atoms in total. The number of piperidine rings is 1. The summed E-state index contributed by atoms with van der Waals surface area (Å²) in [6.45, 7) is 8.00. The number of fused-ring (bicyclic) bond motifs is 1. The number of rotatable bonds is 9. The molecule has 3 aromatic heterocycles. The number of pyridine rings is 2. The number of halogens is 3. The lowest BCUT2D eigenvalue weighted by atomic mass is 10.0. The third-order valence-corrected chi connectivity index (χ3v) is 8.97. The largest absolute Gasteiger partial charge is 0.359 e.